The van der Waals surface area contributed by atoms with E-state index >= 15 is 0 Å². The Labute approximate surface area is 193 Å². The molecule has 1 N–H and O–H groups in total. The fraction of sp³-hybridized carbons (Fsp3) is 0.440. The lowest BCUT2D eigenvalue weighted by molar-refractivity contribution is -0.140. The number of amides is 2. The molecule has 174 valence electrons. The highest BCUT2D eigenvalue weighted by Crippen LogP contribution is 2.31. The zero-order valence-electron chi connectivity index (χ0n) is 19.5. The number of rotatable bonds is 7. The van der Waals surface area contributed by atoms with E-state index in [0.29, 0.717) is 25.3 Å². The standard InChI is InChI=1S/C25H30N4O4/c1-15(2)22(21-12-16(3)28-33-21)25(31)29-11-5-6-20(29)24(30)26-13-18-7-9-19(10-8-18)23-17(4)27-14-32-23/h7-10,12,14-15,20,22H,5-6,11,13H2,1-4H3,(H,26,30)/t20-,22?/m0/s1. The number of likely N-dealkylation sites (tertiary alicyclic amines) is 1. The summed E-state index contributed by atoms with van der Waals surface area (Å²) < 4.78 is 10.8. The molecule has 0 radical (unpaired) electrons. The van der Waals surface area contributed by atoms with Crippen LogP contribution in [0.4, 0.5) is 0 Å². The average molecular weight is 451 g/mol. The van der Waals surface area contributed by atoms with Gasteiger partial charge < -0.3 is 19.2 Å². The summed E-state index contributed by atoms with van der Waals surface area (Å²) in [5.74, 6) is 0.665. The van der Waals surface area contributed by atoms with Crippen molar-refractivity contribution < 1.29 is 18.5 Å². The number of hydrogen-bond donors (Lipinski definition) is 1. The molecule has 4 rings (SSSR count). The number of carbonyl (C=O) groups excluding carboxylic acids is 2. The van der Waals surface area contributed by atoms with E-state index in [2.05, 4.69) is 15.5 Å². The Bertz CT molecular complexity index is 1120. The zero-order chi connectivity index (χ0) is 23.5. The third-order valence-corrected chi connectivity index (χ3v) is 6.15. The molecule has 3 heterocycles. The molecule has 8 heteroatoms. The van der Waals surface area contributed by atoms with Crippen LogP contribution in [0.1, 0.15) is 55.3 Å². The van der Waals surface area contributed by atoms with Crippen molar-refractivity contribution in [2.45, 2.75) is 59.0 Å². The molecule has 1 fully saturated rings. The second kappa shape index (κ2) is 9.60. The van der Waals surface area contributed by atoms with E-state index in [0.717, 1.165) is 34.7 Å². The number of benzene rings is 1. The van der Waals surface area contributed by atoms with Gasteiger partial charge in [0.15, 0.2) is 12.2 Å². The molecule has 0 spiro atoms. The summed E-state index contributed by atoms with van der Waals surface area (Å²) in [4.78, 5) is 32.2. The van der Waals surface area contributed by atoms with Crippen LogP contribution >= 0.6 is 0 Å². The van der Waals surface area contributed by atoms with Gasteiger partial charge in [-0.2, -0.15) is 0 Å². The van der Waals surface area contributed by atoms with Crippen LogP contribution in [-0.2, 0) is 16.1 Å². The molecule has 0 bridgehead atoms. The second-order valence-corrected chi connectivity index (χ2v) is 8.96. The molecule has 3 aromatic rings. The van der Waals surface area contributed by atoms with Crippen molar-refractivity contribution in [1.29, 1.82) is 0 Å². The highest BCUT2D eigenvalue weighted by Gasteiger charge is 2.39. The second-order valence-electron chi connectivity index (χ2n) is 8.96. The predicted octanol–water partition coefficient (Wildman–Crippen LogP) is 3.99. The summed E-state index contributed by atoms with van der Waals surface area (Å²) in [6.07, 6.45) is 2.89. The molecule has 1 saturated heterocycles. The van der Waals surface area contributed by atoms with E-state index in [9.17, 15) is 9.59 Å². The van der Waals surface area contributed by atoms with Crippen LogP contribution in [0.15, 0.2) is 45.7 Å². The minimum Gasteiger partial charge on any atom is -0.443 e. The number of carbonyl (C=O) groups is 2. The Hall–Kier alpha value is -3.42. The maximum atomic E-state index is 13.4. The summed E-state index contributed by atoms with van der Waals surface area (Å²) in [6.45, 7) is 8.65. The van der Waals surface area contributed by atoms with Crippen molar-refractivity contribution in [3.8, 4) is 11.3 Å². The number of aromatic nitrogens is 2. The molecule has 2 atom stereocenters. The molecular weight excluding hydrogens is 420 g/mol. The van der Waals surface area contributed by atoms with Gasteiger partial charge in [0.2, 0.25) is 11.8 Å². The van der Waals surface area contributed by atoms with E-state index in [1.54, 1.807) is 11.0 Å². The van der Waals surface area contributed by atoms with Crippen LogP contribution in [0.5, 0.6) is 0 Å². The van der Waals surface area contributed by atoms with Gasteiger partial charge in [-0.25, -0.2) is 4.98 Å². The molecule has 1 aliphatic heterocycles. The topological polar surface area (TPSA) is 101 Å². The highest BCUT2D eigenvalue weighted by molar-refractivity contribution is 5.91. The zero-order valence-corrected chi connectivity index (χ0v) is 19.5. The largest absolute Gasteiger partial charge is 0.443 e. The quantitative estimate of drug-likeness (QED) is 0.584. The van der Waals surface area contributed by atoms with Crippen LogP contribution in [0.3, 0.4) is 0 Å². The minimum atomic E-state index is -0.473. The first-order valence-corrected chi connectivity index (χ1v) is 11.4. The average Bonchev–Trinajstić information content (AvgIpc) is 3.53. The molecule has 0 aliphatic carbocycles. The van der Waals surface area contributed by atoms with E-state index in [-0.39, 0.29) is 17.7 Å². The van der Waals surface area contributed by atoms with Crippen molar-refractivity contribution in [2.24, 2.45) is 5.92 Å². The third-order valence-electron chi connectivity index (χ3n) is 6.15. The van der Waals surface area contributed by atoms with Crippen molar-refractivity contribution in [2.75, 3.05) is 6.54 Å². The van der Waals surface area contributed by atoms with Crippen LogP contribution in [0.25, 0.3) is 11.3 Å². The Kier molecular flexibility index (Phi) is 6.62. The first kappa shape index (κ1) is 22.8. The number of nitrogens with zero attached hydrogens (tertiary/aromatic N) is 3. The van der Waals surface area contributed by atoms with Gasteiger partial charge in [-0.05, 0) is 38.2 Å². The van der Waals surface area contributed by atoms with E-state index in [1.807, 2.05) is 52.0 Å². The van der Waals surface area contributed by atoms with Gasteiger partial charge in [-0.15, -0.1) is 0 Å². The number of oxazole rings is 1. The Morgan fingerprint density at radius 2 is 1.97 bits per heavy atom. The highest BCUT2D eigenvalue weighted by atomic mass is 16.5. The van der Waals surface area contributed by atoms with Gasteiger partial charge in [0.05, 0.1) is 11.4 Å². The molecule has 8 nitrogen and oxygen atoms in total. The molecule has 1 aliphatic rings. The smallest absolute Gasteiger partial charge is 0.243 e. The number of aryl methyl sites for hydroxylation is 2. The van der Waals surface area contributed by atoms with E-state index in [1.165, 1.54) is 6.39 Å². The normalized spacial score (nSPS) is 16.9. The molecule has 2 aromatic heterocycles. The lowest BCUT2D eigenvalue weighted by Crippen LogP contribution is -2.47. The van der Waals surface area contributed by atoms with Crippen molar-refractivity contribution in [3.05, 3.63) is 59.4 Å². The molecule has 1 unspecified atom stereocenters. The summed E-state index contributed by atoms with van der Waals surface area (Å²) in [5, 5.41) is 6.94. The Balaban J connectivity index is 1.40. The SMILES string of the molecule is Cc1cc(C(C(=O)N2CCC[C@H]2C(=O)NCc2ccc(-c3ocnc3C)cc2)C(C)C)on1. The summed E-state index contributed by atoms with van der Waals surface area (Å²) >= 11 is 0. The van der Waals surface area contributed by atoms with Crippen LogP contribution in [0, 0.1) is 19.8 Å². The molecule has 0 saturated carbocycles. The molecular formula is C25H30N4O4. The Morgan fingerprint density at radius 1 is 1.21 bits per heavy atom. The monoisotopic (exact) mass is 450 g/mol. The van der Waals surface area contributed by atoms with Gasteiger partial charge in [-0.1, -0.05) is 43.3 Å². The molecule has 1 aromatic carbocycles. The predicted molar refractivity (Wildman–Crippen MR) is 122 cm³/mol. The lowest BCUT2D eigenvalue weighted by Gasteiger charge is -2.28. The first-order valence-electron chi connectivity index (χ1n) is 11.4. The number of nitrogens with one attached hydrogen (secondary N) is 1. The van der Waals surface area contributed by atoms with Gasteiger partial charge in [0, 0.05) is 24.7 Å². The van der Waals surface area contributed by atoms with Gasteiger partial charge >= 0.3 is 0 Å². The maximum Gasteiger partial charge on any atom is 0.243 e. The van der Waals surface area contributed by atoms with Gasteiger partial charge in [-0.3, -0.25) is 9.59 Å². The van der Waals surface area contributed by atoms with Crippen molar-refractivity contribution >= 4 is 11.8 Å². The third kappa shape index (κ3) is 4.84. The Morgan fingerprint density at radius 3 is 2.58 bits per heavy atom. The fourth-order valence-corrected chi connectivity index (χ4v) is 4.41. The summed E-state index contributed by atoms with van der Waals surface area (Å²) in [6, 6.07) is 9.14. The van der Waals surface area contributed by atoms with Crippen LogP contribution < -0.4 is 5.32 Å². The fourth-order valence-electron chi connectivity index (χ4n) is 4.41. The maximum absolute atomic E-state index is 13.4. The van der Waals surface area contributed by atoms with E-state index in [4.69, 9.17) is 8.94 Å². The first-order chi connectivity index (χ1) is 15.8. The lowest BCUT2D eigenvalue weighted by atomic mass is 9.91. The summed E-state index contributed by atoms with van der Waals surface area (Å²) in [5.41, 5.74) is 3.48. The van der Waals surface area contributed by atoms with Crippen molar-refractivity contribution in [1.82, 2.24) is 20.4 Å². The molecule has 2 amide bonds. The van der Waals surface area contributed by atoms with Gasteiger partial charge in [0.25, 0.3) is 0 Å². The van der Waals surface area contributed by atoms with Crippen LogP contribution in [-0.4, -0.2) is 39.4 Å². The van der Waals surface area contributed by atoms with Crippen molar-refractivity contribution in [3.63, 3.8) is 0 Å². The van der Waals surface area contributed by atoms with Gasteiger partial charge in [0.1, 0.15) is 17.7 Å². The van der Waals surface area contributed by atoms with E-state index < -0.39 is 12.0 Å². The summed E-state index contributed by atoms with van der Waals surface area (Å²) in [7, 11) is 0. The van der Waals surface area contributed by atoms with Crippen LogP contribution in [0.2, 0.25) is 0 Å². The number of hydrogen-bond acceptors (Lipinski definition) is 6. The molecule has 33 heavy (non-hydrogen) atoms. The minimum absolute atomic E-state index is 0.0284.